The maximum atomic E-state index is 4.73. The van der Waals surface area contributed by atoms with Gasteiger partial charge in [0, 0.05) is 43.4 Å². The SMILES string of the molecule is c1cnc(Nc2cncc([C@@H]3CCCN(Cc4ncc[nH]4)C3)n2)cn1. The third-order valence-corrected chi connectivity index (χ3v) is 4.32. The highest BCUT2D eigenvalue weighted by atomic mass is 15.2. The molecule has 8 nitrogen and oxygen atoms in total. The molecule has 3 aromatic rings. The average Bonchev–Trinajstić information content (AvgIpc) is 3.16. The molecule has 0 aromatic carbocycles. The molecule has 0 spiro atoms. The first kappa shape index (κ1) is 15.6. The molecular weight excluding hydrogens is 316 g/mol. The number of hydrogen-bond donors (Lipinski definition) is 2. The summed E-state index contributed by atoms with van der Waals surface area (Å²) in [5, 5.41) is 3.16. The molecule has 8 heteroatoms. The topological polar surface area (TPSA) is 95.5 Å². The Morgan fingerprint density at radius 3 is 2.88 bits per heavy atom. The number of nitrogens with one attached hydrogen (secondary N) is 2. The predicted octanol–water partition coefficient (Wildman–Crippen LogP) is 2.11. The van der Waals surface area contributed by atoms with E-state index in [1.807, 2.05) is 12.4 Å². The lowest BCUT2D eigenvalue weighted by molar-refractivity contribution is 0.194. The number of aromatic nitrogens is 6. The van der Waals surface area contributed by atoms with Crippen LogP contribution in [0, 0.1) is 0 Å². The Morgan fingerprint density at radius 1 is 1.08 bits per heavy atom. The zero-order valence-corrected chi connectivity index (χ0v) is 13.8. The first-order valence-electron chi connectivity index (χ1n) is 8.42. The van der Waals surface area contributed by atoms with E-state index in [0.29, 0.717) is 17.6 Å². The minimum Gasteiger partial charge on any atom is -0.348 e. The maximum absolute atomic E-state index is 4.73. The highest BCUT2D eigenvalue weighted by Crippen LogP contribution is 2.26. The molecule has 25 heavy (non-hydrogen) atoms. The fraction of sp³-hybridized carbons (Fsp3) is 0.353. The monoisotopic (exact) mass is 336 g/mol. The van der Waals surface area contributed by atoms with Crippen molar-refractivity contribution in [2.24, 2.45) is 0 Å². The van der Waals surface area contributed by atoms with Gasteiger partial charge >= 0.3 is 0 Å². The van der Waals surface area contributed by atoms with E-state index in [0.717, 1.165) is 44.0 Å². The van der Waals surface area contributed by atoms with Gasteiger partial charge in [0.05, 0.1) is 24.6 Å². The molecule has 4 heterocycles. The molecule has 0 unspecified atom stereocenters. The summed E-state index contributed by atoms with van der Waals surface area (Å²) in [5.74, 6) is 2.74. The quantitative estimate of drug-likeness (QED) is 0.736. The third kappa shape index (κ3) is 3.97. The van der Waals surface area contributed by atoms with Crippen molar-refractivity contribution < 1.29 is 0 Å². The number of anilines is 2. The highest BCUT2D eigenvalue weighted by molar-refractivity contribution is 5.48. The Kier molecular flexibility index (Phi) is 4.60. The van der Waals surface area contributed by atoms with Crippen LogP contribution in [0.25, 0.3) is 0 Å². The molecule has 1 fully saturated rings. The van der Waals surface area contributed by atoms with Crippen molar-refractivity contribution in [2.45, 2.75) is 25.3 Å². The maximum Gasteiger partial charge on any atom is 0.150 e. The molecule has 0 radical (unpaired) electrons. The van der Waals surface area contributed by atoms with Crippen LogP contribution in [-0.4, -0.2) is 47.9 Å². The third-order valence-electron chi connectivity index (χ3n) is 4.32. The molecule has 0 aliphatic carbocycles. The van der Waals surface area contributed by atoms with E-state index in [1.165, 1.54) is 0 Å². The fourth-order valence-electron chi connectivity index (χ4n) is 3.17. The number of H-pyrrole nitrogens is 1. The smallest absolute Gasteiger partial charge is 0.150 e. The molecule has 1 atom stereocenters. The zero-order valence-electron chi connectivity index (χ0n) is 13.8. The van der Waals surface area contributed by atoms with E-state index in [1.54, 1.807) is 31.0 Å². The first-order chi connectivity index (χ1) is 12.4. The molecule has 128 valence electrons. The summed E-state index contributed by atoms with van der Waals surface area (Å²) in [6.07, 6.45) is 14.5. The van der Waals surface area contributed by atoms with Crippen LogP contribution in [0.4, 0.5) is 11.6 Å². The Bertz CT molecular complexity index is 789. The van der Waals surface area contributed by atoms with E-state index in [2.05, 4.69) is 35.1 Å². The number of imidazole rings is 1. The summed E-state index contributed by atoms with van der Waals surface area (Å²) >= 11 is 0. The van der Waals surface area contributed by atoms with Gasteiger partial charge in [0.15, 0.2) is 0 Å². The van der Waals surface area contributed by atoms with Crippen LogP contribution in [0.1, 0.15) is 30.3 Å². The van der Waals surface area contributed by atoms with Crippen molar-refractivity contribution in [3.8, 4) is 0 Å². The number of nitrogens with zero attached hydrogens (tertiary/aromatic N) is 6. The van der Waals surface area contributed by atoms with Crippen LogP contribution in [0.3, 0.4) is 0 Å². The lowest BCUT2D eigenvalue weighted by Crippen LogP contribution is -2.34. The Balaban J connectivity index is 1.44. The van der Waals surface area contributed by atoms with Gasteiger partial charge in [-0.05, 0) is 19.4 Å². The number of rotatable bonds is 5. The van der Waals surface area contributed by atoms with E-state index >= 15 is 0 Å². The molecular formula is C17H20N8. The van der Waals surface area contributed by atoms with Crippen LogP contribution >= 0.6 is 0 Å². The number of piperidine rings is 1. The summed E-state index contributed by atoms with van der Waals surface area (Å²) in [5.41, 5.74) is 1.01. The van der Waals surface area contributed by atoms with Gasteiger partial charge in [0.2, 0.25) is 0 Å². The van der Waals surface area contributed by atoms with Crippen LogP contribution < -0.4 is 5.32 Å². The second kappa shape index (κ2) is 7.35. The lowest BCUT2D eigenvalue weighted by Gasteiger charge is -2.31. The summed E-state index contributed by atoms with van der Waals surface area (Å²) in [4.78, 5) is 27.2. The number of aromatic amines is 1. The van der Waals surface area contributed by atoms with E-state index < -0.39 is 0 Å². The van der Waals surface area contributed by atoms with Gasteiger partial charge in [-0.2, -0.15) is 0 Å². The van der Waals surface area contributed by atoms with Crippen LogP contribution in [0.2, 0.25) is 0 Å². The highest BCUT2D eigenvalue weighted by Gasteiger charge is 2.23. The largest absolute Gasteiger partial charge is 0.348 e. The zero-order chi connectivity index (χ0) is 16.9. The van der Waals surface area contributed by atoms with E-state index in [4.69, 9.17) is 4.98 Å². The van der Waals surface area contributed by atoms with Gasteiger partial charge in [-0.3, -0.25) is 14.9 Å². The Morgan fingerprint density at radius 2 is 2.04 bits per heavy atom. The minimum atomic E-state index is 0.375. The first-order valence-corrected chi connectivity index (χ1v) is 8.42. The van der Waals surface area contributed by atoms with Crippen molar-refractivity contribution in [3.05, 3.63) is 54.9 Å². The fourth-order valence-corrected chi connectivity index (χ4v) is 3.17. The second-order valence-corrected chi connectivity index (χ2v) is 6.15. The summed E-state index contributed by atoms with van der Waals surface area (Å²) in [7, 11) is 0. The molecule has 3 aromatic heterocycles. The van der Waals surface area contributed by atoms with Gasteiger partial charge in [-0.25, -0.2) is 15.0 Å². The minimum absolute atomic E-state index is 0.375. The van der Waals surface area contributed by atoms with Gasteiger partial charge < -0.3 is 10.3 Å². The summed E-state index contributed by atoms with van der Waals surface area (Å²) in [6.45, 7) is 2.89. The predicted molar refractivity (Wildman–Crippen MR) is 93.2 cm³/mol. The van der Waals surface area contributed by atoms with Crippen molar-refractivity contribution >= 4 is 11.6 Å². The average molecular weight is 336 g/mol. The van der Waals surface area contributed by atoms with Crippen molar-refractivity contribution in [2.75, 3.05) is 18.4 Å². The van der Waals surface area contributed by atoms with E-state index in [-0.39, 0.29) is 0 Å². The molecule has 2 N–H and O–H groups in total. The normalized spacial score (nSPS) is 18.2. The van der Waals surface area contributed by atoms with Crippen molar-refractivity contribution in [3.63, 3.8) is 0 Å². The second-order valence-electron chi connectivity index (χ2n) is 6.15. The van der Waals surface area contributed by atoms with Crippen LogP contribution in [0.5, 0.6) is 0 Å². The molecule has 0 saturated carbocycles. The summed E-state index contributed by atoms with van der Waals surface area (Å²) in [6, 6.07) is 0. The van der Waals surface area contributed by atoms with Crippen LogP contribution in [-0.2, 0) is 6.54 Å². The molecule has 0 amide bonds. The van der Waals surface area contributed by atoms with Crippen molar-refractivity contribution in [1.29, 1.82) is 0 Å². The molecule has 1 saturated heterocycles. The number of likely N-dealkylation sites (tertiary alicyclic amines) is 1. The lowest BCUT2D eigenvalue weighted by atomic mass is 9.95. The Labute approximate surface area is 145 Å². The Hall–Kier alpha value is -2.87. The molecule has 0 bridgehead atoms. The van der Waals surface area contributed by atoms with Gasteiger partial charge in [0.25, 0.3) is 0 Å². The standard InChI is InChI=1S/C17H20N8/c1-2-13(11-25(7-1)12-17-21-5-6-22-17)14-8-19-10-16(23-14)24-15-9-18-3-4-20-15/h3-6,8-10,13H,1-2,7,11-12H2,(H,21,22)(H,20,23,24)/t13-/m1/s1. The van der Waals surface area contributed by atoms with Gasteiger partial charge in [-0.15, -0.1) is 0 Å². The van der Waals surface area contributed by atoms with Gasteiger partial charge in [0.1, 0.15) is 17.5 Å². The summed E-state index contributed by atoms with van der Waals surface area (Å²) < 4.78 is 0. The van der Waals surface area contributed by atoms with Gasteiger partial charge in [-0.1, -0.05) is 0 Å². The van der Waals surface area contributed by atoms with Crippen molar-refractivity contribution in [1.82, 2.24) is 34.8 Å². The molecule has 1 aliphatic heterocycles. The van der Waals surface area contributed by atoms with E-state index in [9.17, 15) is 0 Å². The molecule has 4 rings (SSSR count). The molecule has 1 aliphatic rings. The number of hydrogen-bond acceptors (Lipinski definition) is 7. The van der Waals surface area contributed by atoms with Crippen LogP contribution in [0.15, 0.2) is 43.4 Å².